The molecule has 248 valence electrons. The normalized spacial score (nSPS) is 24.8. The van der Waals surface area contributed by atoms with Crippen molar-refractivity contribution in [3.63, 3.8) is 0 Å². The molecule has 4 fully saturated rings. The number of piperazine rings is 1. The second kappa shape index (κ2) is 12.8. The van der Waals surface area contributed by atoms with Crippen LogP contribution in [0.15, 0.2) is 24.3 Å². The number of likely N-dealkylation sites (tertiary alicyclic amines) is 1. The number of aromatic nitrogens is 1. The van der Waals surface area contributed by atoms with Crippen molar-refractivity contribution in [1.82, 2.24) is 25.0 Å². The van der Waals surface area contributed by atoms with E-state index in [1.807, 2.05) is 12.0 Å². The predicted octanol–water partition coefficient (Wildman–Crippen LogP) is 5.29. The lowest BCUT2D eigenvalue weighted by atomic mass is 9.76. The second-order valence-electron chi connectivity index (χ2n) is 14.9. The third-order valence-corrected chi connectivity index (χ3v) is 12.7. The summed E-state index contributed by atoms with van der Waals surface area (Å²) in [6.45, 7) is 16.3. The number of aromatic amines is 1. The average Bonchev–Trinajstić information content (AvgIpc) is 3.87. The topological polar surface area (TPSA) is 80.9 Å². The van der Waals surface area contributed by atoms with Crippen molar-refractivity contribution in [3.05, 3.63) is 45.8 Å². The lowest BCUT2D eigenvalue weighted by Gasteiger charge is -2.36. The lowest BCUT2D eigenvalue weighted by molar-refractivity contribution is -0.132. The maximum atomic E-state index is 14.1. The fourth-order valence-electron chi connectivity index (χ4n) is 8.67. The molecule has 1 amide bonds. The van der Waals surface area contributed by atoms with Gasteiger partial charge >= 0.3 is 0 Å². The van der Waals surface area contributed by atoms with Crippen molar-refractivity contribution < 1.29 is 14.3 Å². The number of rotatable bonds is 10. The summed E-state index contributed by atoms with van der Waals surface area (Å²) in [5.41, 5.74) is 5.39. The first-order valence-corrected chi connectivity index (χ1v) is 18.2. The first-order valence-electron chi connectivity index (χ1n) is 17.4. The molecule has 2 aromatic heterocycles. The van der Waals surface area contributed by atoms with E-state index in [-0.39, 0.29) is 17.9 Å². The van der Waals surface area contributed by atoms with Crippen LogP contribution >= 0.6 is 11.3 Å². The third-order valence-electron chi connectivity index (χ3n) is 11.3. The second-order valence-corrected chi connectivity index (χ2v) is 16.0. The van der Waals surface area contributed by atoms with Crippen LogP contribution < -0.4 is 5.32 Å². The maximum Gasteiger partial charge on any atom is 0.236 e. The molecule has 4 atom stereocenters. The van der Waals surface area contributed by atoms with Gasteiger partial charge in [-0.1, -0.05) is 17.2 Å². The summed E-state index contributed by atoms with van der Waals surface area (Å²) in [7, 11) is 1.82. The van der Waals surface area contributed by atoms with Gasteiger partial charge in [-0.15, -0.1) is 11.3 Å². The molecule has 5 heterocycles. The summed E-state index contributed by atoms with van der Waals surface area (Å²) in [6.07, 6.45) is 4.40. The van der Waals surface area contributed by atoms with E-state index in [1.165, 1.54) is 27.6 Å². The number of fused-ring (bicyclic) bond motifs is 3. The highest BCUT2D eigenvalue weighted by molar-refractivity contribution is 7.19. The number of nitrogens with zero attached hydrogens (tertiary/aromatic N) is 3. The number of H-pyrrole nitrogens is 1. The van der Waals surface area contributed by atoms with Crippen molar-refractivity contribution in [2.45, 2.75) is 70.9 Å². The van der Waals surface area contributed by atoms with Crippen LogP contribution in [0.1, 0.15) is 67.2 Å². The van der Waals surface area contributed by atoms with Gasteiger partial charge in [0.25, 0.3) is 0 Å². The SMILES string of the molecule is COC(CN1CCN(CC(=O)N2CCCC2)CC1)c1c(-c2cc(C)cc(C)c2)[nH]c2sc(C(C)(C)C(=O)C3C4CCC3NC4)cc12. The van der Waals surface area contributed by atoms with Gasteiger partial charge in [0.05, 0.1) is 23.8 Å². The fraction of sp³-hybridized carbons (Fsp3) is 0.622. The van der Waals surface area contributed by atoms with Crippen LogP contribution in [0.25, 0.3) is 21.5 Å². The smallest absolute Gasteiger partial charge is 0.236 e. The molecule has 8 nitrogen and oxygen atoms in total. The molecule has 3 saturated heterocycles. The van der Waals surface area contributed by atoms with Gasteiger partial charge in [-0.2, -0.15) is 0 Å². The molecule has 1 saturated carbocycles. The number of ketones is 1. The number of methoxy groups -OCH3 is 1. The minimum Gasteiger partial charge on any atom is -0.375 e. The third kappa shape index (κ3) is 5.98. The predicted molar refractivity (Wildman–Crippen MR) is 186 cm³/mol. The molecule has 4 unspecified atom stereocenters. The molecule has 4 aliphatic rings. The molecular weight excluding hydrogens is 595 g/mol. The number of carbonyl (C=O) groups is 2. The number of nitrogens with one attached hydrogen (secondary N) is 2. The average molecular weight is 646 g/mol. The minimum absolute atomic E-state index is 0.122. The van der Waals surface area contributed by atoms with E-state index in [4.69, 9.17) is 4.74 Å². The van der Waals surface area contributed by atoms with Crippen molar-refractivity contribution in [2.75, 3.05) is 66.0 Å². The van der Waals surface area contributed by atoms with Crippen LogP contribution in [0.5, 0.6) is 0 Å². The van der Waals surface area contributed by atoms with Crippen LogP contribution in [0.2, 0.25) is 0 Å². The largest absolute Gasteiger partial charge is 0.375 e. The number of piperidine rings is 1. The van der Waals surface area contributed by atoms with Crippen LogP contribution in [-0.4, -0.2) is 103 Å². The Morgan fingerprint density at radius 3 is 2.28 bits per heavy atom. The van der Waals surface area contributed by atoms with E-state index >= 15 is 0 Å². The van der Waals surface area contributed by atoms with Gasteiger partial charge in [0.1, 0.15) is 10.6 Å². The molecule has 3 aliphatic heterocycles. The summed E-state index contributed by atoms with van der Waals surface area (Å²) in [5.74, 6) is 1.26. The fourth-order valence-corrected chi connectivity index (χ4v) is 9.86. The van der Waals surface area contributed by atoms with E-state index in [1.54, 1.807) is 11.3 Å². The molecular formula is C37H51N5O3S. The lowest BCUT2D eigenvalue weighted by Crippen LogP contribution is -2.50. The van der Waals surface area contributed by atoms with Crippen LogP contribution in [0, 0.1) is 25.7 Å². The molecule has 0 radical (unpaired) electrons. The first-order chi connectivity index (χ1) is 22.1. The summed E-state index contributed by atoms with van der Waals surface area (Å²) in [5, 5.41) is 4.77. The molecule has 46 heavy (non-hydrogen) atoms. The number of ether oxygens (including phenoxy) is 1. The quantitative estimate of drug-likeness (QED) is 0.312. The number of thiophene rings is 1. The van der Waals surface area contributed by atoms with Crippen LogP contribution in [0.4, 0.5) is 0 Å². The van der Waals surface area contributed by atoms with Gasteiger partial charge in [0.15, 0.2) is 0 Å². The standard InChI is InChI=1S/C37H51N5O3S/c1-23-16-24(2)18-26(17-23)34-33(29(45-5)21-40-12-14-41(15-13-40)22-31(43)42-10-6-7-11-42)27-19-30(46-36(27)39-34)37(3,4)35(44)32-25-8-9-28(32)38-20-25/h16-19,25,28-29,32,38-39H,6-15,20-22H2,1-5H3. The highest BCUT2D eigenvalue weighted by Crippen LogP contribution is 2.47. The number of aryl methyl sites for hydroxylation is 2. The zero-order chi connectivity index (χ0) is 32.2. The Morgan fingerprint density at radius 2 is 1.67 bits per heavy atom. The summed E-state index contributed by atoms with van der Waals surface area (Å²) >= 11 is 1.73. The van der Waals surface area contributed by atoms with Gasteiger partial charge in [0, 0.05) is 80.7 Å². The molecule has 7 rings (SSSR count). The van der Waals surface area contributed by atoms with Crippen LogP contribution in [-0.2, 0) is 19.7 Å². The number of Topliss-reactive ketones (excluding diaryl/α,β-unsaturated/α-hetero) is 1. The molecule has 3 aromatic rings. The Hall–Kier alpha value is -2.56. The molecule has 9 heteroatoms. The van der Waals surface area contributed by atoms with E-state index in [0.29, 0.717) is 24.3 Å². The Bertz CT molecular complexity index is 1560. The van der Waals surface area contributed by atoms with E-state index in [2.05, 4.69) is 72.1 Å². The Labute approximate surface area is 277 Å². The maximum absolute atomic E-state index is 14.1. The summed E-state index contributed by atoms with van der Waals surface area (Å²) in [4.78, 5) is 39.7. The Kier molecular flexibility index (Phi) is 8.91. The van der Waals surface area contributed by atoms with Crippen molar-refractivity contribution in [1.29, 1.82) is 0 Å². The minimum atomic E-state index is -0.551. The Balaban J connectivity index is 1.16. The number of carbonyl (C=O) groups excluding carboxylic acids is 2. The summed E-state index contributed by atoms with van der Waals surface area (Å²) in [6, 6.07) is 9.35. The van der Waals surface area contributed by atoms with Gasteiger partial charge in [-0.3, -0.25) is 19.4 Å². The molecule has 1 aromatic carbocycles. The zero-order valence-corrected chi connectivity index (χ0v) is 29.1. The number of hydrogen-bond acceptors (Lipinski definition) is 7. The molecule has 0 spiro atoms. The summed E-state index contributed by atoms with van der Waals surface area (Å²) < 4.78 is 6.34. The highest BCUT2D eigenvalue weighted by atomic mass is 32.1. The molecule has 2 N–H and O–H groups in total. The van der Waals surface area contributed by atoms with Crippen molar-refractivity contribution >= 4 is 33.2 Å². The van der Waals surface area contributed by atoms with Gasteiger partial charge in [0.2, 0.25) is 5.91 Å². The van der Waals surface area contributed by atoms with Crippen molar-refractivity contribution in [2.24, 2.45) is 11.8 Å². The van der Waals surface area contributed by atoms with Gasteiger partial charge in [-0.05, 0) is 89.6 Å². The van der Waals surface area contributed by atoms with Gasteiger partial charge in [-0.25, -0.2) is 0 Å². The van der Waals surface area contributed by atoms with Gasteiger partial charge < -0.3 is 19.9 Å². The number of amides is 1. The van der Waals surface area contributed by atoms with E-state index in [9.17, 15) is 9.59 Å². The number of hydrogen-bond donors (Lipinski definition) is 2. The van der Waals surface area contributed by atoms with E-state index in [0.717, 1.165) is 93.4 Å². The monoisotopic (exact) mass is 645 g/mol. The van der Waals surface area contributed by atoms with Crippen molar-refractivity contribution in [3.8, 4) is 11.3 Å². The van der Waals surface area contributed by atoms with E-state index < -0.39 is 5.41 Å². The first kappa shape index (κ1) is 32.0. The zero-order valence-electron chi connectivity index (χ0n) is 28.3. The Morgan fingerprint density at radius 1 is 0.978 bits per heavy atom. The molecule has 2 bridgehead atoms. The van der Waals surface area contributed by atoms with Crippen LogP contribution in [0.3, 0.4) is 0 Å². The molecule has 1 aliphatic carbocycles. The number of benzene rings is 1. The highest BCUT2D eigenvalue weighted by Gasteiger charge is 2.50.